The third-order valence-corrected chi connectivity index (χ3v) is 6.88. The maximum Gasteiger partial charge on any atom is 4.00 e. The van der Waals surface area contributed by atoms with Gasteiger partial charge in [-0.2, -0.15) is 0 Å². The molecule has 0 bridgehead atoms. The van der Waals surface area contributed by atoms with Gasteiger partial charge in [0.05, 0.1) is 0 Å². The fourth-order valence-electron chi connectivity index (χ4n) is 4.99. The van der Waals surface area contributed by atoms with E-state index < -0.39 is 0 Å². The van der Waals surface area contributed by atoms with E-state index in [1.165, 1.54) is 16.7 Å². The Bertz CT molecular complexity index is 934. The molecule has 0 amide bonds. The number of rotatable bonds is 3. The second-order valence-corrected chi connectivity index (χ2v) is 9.01. The number of hydrogen-bond acceptors (Lipinski definition) is 2. The van der Waals surface area contributed by atoms with Gasteiger partial charge >= 0.3 is 21.7 Å². The van der Waals surface area contributed by atoms with E-state index in [2.05, 4.69) is 115 Å². The molecule has 0 saturated carbocycles. The van der Waals surface area contributed by atoms with E-state index in [1.54, 1.807) is 0 Å². The summed E-state index contributed by atoms with van der Waals surface area (Å²) in [5.74, 6) is 0. The molecule has 192 valence electrons. The second kappa shape index (κ2) is 18.4. The first-order chi connectivity index (χ1) is 15.7. The van der Waals surface area contributed by atoms with Gasteiger partial charge in [0.15, 0.2) is 0 Å². The summed E-state index contributed by atoms with van der Waals surface area (Å²) in [6.07, 6.45) is 3.22. The van der Waals surface area contributed by atoms with Crippen molar-refractivity contribution in [3.63, 3.8) is 0 Å². The van der Waals surface area contributed by atoms with Crippen molar-refractivity contribution in [2.75, 3.05) is 33.7 Å². The van der Waals surface area contributed by atoms with Gasteiger partial charge in [-0.25, -0.2) is 0 Å². The fourth-order valence-corrected chi connectivity index (χ4v) is 4.99. The van der Waals surface area contributed by atoms with Crippen LogP contribution in [0.2, 0.25) is 0 Å². The number of hydrogen-bond donors (Lipinski definition) is 0. The topological polar surface area (TPSA) is 20.6 Å². The average molecular weight is 581 g/mol. The Morgan fingerprint density at radius 1 is 0.556 bits per heavy atom. The maximum absolute atomic E-state index is 5.22. The minimum Gasteiger partial charge on any atom is -1.00 e. The van der Waals surface area contributed by atoms with Gasteiger partial charge in [-0.15, -0.1) is 12.6 Å². The van der Waals surface area contributed by atoms with Gasteiger partial charge in [0.2, 0.25) is 0 Å². The zero-order valence-corrected chi connectivity index (χ0v) is 24.9. The first-order valence-electron chi connectivity index (χ1n) is 11.9. The number of benzene rings is 3. The predicted octanol–water partition coefficient (Wildman–Crippen LogP) is -2.36. The van der Waals surface area contributed by atoms with Crippen LogP contribution in [0, 0.1) is 0 Å². The molecular weight excluding hydrogens is 545 g/mol. The van der Waals surface area contributed by atoms with Crippen LogP contribution in [-0.4, -0.2) is 43.5 Å². The Balaban J connectivity index is 0.00000306. The standard InChI is InChI=1S/C29H36N3.3ClH.Ti/c1-31-22-19-27(24-12-6-3-7-13-24)30-21-18-28(25-14-8-4-9-15-25)32(2)23-20-29(31)26-16-10-5-11-17-26;;;;/h3-17,27-29H,18-23H2,1-2H3;3*1H;/q-1;;;;+4/p-3. The Kier molecular flexibility index (Phi) is 17.9. The zero-order chi connectivity index (χ0) is 22.2. The Hall–Kier alpha value is -0.876. The molecule has 1 aliphatic heterocycles. The molecule has 7 heteroatoms. The summed E-state index contributed by atoms with van der Waals surface area (Å²) >= 11 is 0. The van der Waals surface area contributed by atoms with E-state index in [0.29, 0.717) is 12.1 Å². The van der Waals surface area contributed by atoms with Crippen LogP contribution in [0.5, 0.6) is 0 Å². The predicted molar refractivity (Wildman–Crippen MR) is 135 cm³/mol. The molecule has 3 nitrogen and oxygen atoms in total. The molecular formula is C29H36Cl3N3Ti. The first kappa shape index (κ1) is 35.1. The van der Waals surface area contributed by atoms with Crippen LogP contribution in [0.25, 0.3) is 5.32 Å². The van der Waals surface area contributed by atoms with Gasteiger partial charge in [0.25, 0.3) is 0 Å². The summed E-state index contributed by atoms with van der Waals surface area (Å²) < 4.78 is 0. The first-order valence-corrected chi connectivity index (χ1v) is 11.9. The average Bonchev–Trinajstić information content (AvgIpc) is 2.84. The van der Waals surface area contributed by atoms with Gasteiger partial charge in [-0.05, 0) is 38.2 Å². The fraction of sp³-hybridized carbons (Fsp3) is 0.379. The van der Waals surface area contributed by atoms with E-state index in [1.807, 2.05) is 0 Å². The van der Waals surface area contributed by atoms with Crippen molar-refractivity contribution in [2.45, 2.75) is 37.4 Å². The zero-order valence-electron chi connectivity index (χ0n) is 21.1. The summed E-state index contributed by atoms with van der Waals surface area (Å²) in [7, 11) is 4.56. The largest absolute Gasteiger partial charge is 4.00 e. The van der Waals surface area contributed by atoms with Gasteiger partial charge in [-0.1, -0.05) is 109 Å². The molecule has 1 saturated heterocycles. The van der Waals surface area contributed by atoms with Gasteiger partial charge in [0.1, 0.15) is 0 Å². The van der Waals surface area contributed by atoms with Gasteiger partial charge < -0.3 is 42.5 Å². The van der Waals surface area contributed by atoms with E-state index in [4.69, 9.17) is 5.32 Å². The van der Waals surface area contributed by atoms with Crippen molar-refractivity contribution in [1.82, 2.24) is 9.80 Å². The quantitative estimate of drug-likeness (QED) is 0.324. The molecule has 1 fully saturated rings. The molecule has 3 aromatic rings. The summed E-state index contributed by atoms with van der Waals surface area (Å²) in [6.45, 7) is 2.98. The monoisotopic (exact) mass is 579 g/mol. The van der Waals surface area contributed by atoms with Crippen molar-refractivity contribution < 1.29 is 58.9 Å². The number of halogens is 3. The molecule has 0 aromatic heterocycles. The van der Waals surface area contributed by atoms with Crippen LogP contribution in [0.15, 0.2) is 91.0 Å². The minimum atomic E-state index is 0. The van der Waals surface area contributed by atoms with Crippen LogP contribution in [0.3, 0.4) is 0 Å². The van der Waals surface area contributed by atoms with Crippen LogP contribution >= 0.6 is 0 Å². The molecule has 4 rings (SSSR count). The molecule has 0 aliphatic carbocycles. The molecule has 1 aliphatic rings. The Morgan fingerprint density at radius 2 is 0.944 bits per heavy atom. The normalized spacial score (nSPS) is 21.7. The molecule has 1 heterocycles. The van der Waals surface area contributed by atoms with Crippen LogP contribution < -0.4 is 37.2 Å². The minimum absolute atomic E-state index is 0. The number of nitrogens with zero attached hydrogens (tertiary/aromatic N) is 3. The Labute approximate surface area is 251 Å². The van der Waals surface area contributed by atoms with Crippen molar-refractivity contribution in [2.24, 2.45) is 0 Å². The molecule has 3 aromatic carbocycles. The smallest absolute Gasteiger partial charge is 1.00 e. The van der Waals surface area contributed by atoms with Crippen molar-refractivity contribution in [3.05, 3.63) is 113 Å². The SMILES string of the molecule is CN1CCC(c2ccccc2)[N-]CCC(c2ccccc2)N(C)CCC1c1ccccc1.[Cl-].[Cl-].[Cl-].[Ti+4]. The molecule has 0 N–H and O–H groups in total. The second-order valence-electron chi connectivity index (χ2n) is 9.01. The van der Waals surface area contributed by atoms with E-state index in [0.717, 1.165) is 38.9 Å². The van der Waals surface area contributed by atoms with E-state index >= 15 is 0 Å². The van der Waals surface area contributed by atoms with Crippen LogP contribution in [0.1, 0.15) is 54.1 Å². The van der Waals surface area contributed by atoms with Gasteiger partial charge in [-0.3, -0.25) is 9.80 Å². The van der Waals surface area contributed by atoms with Crippen molar-refractivity contribution >= 4 is 0 Å². The molecule has 36 heavy (non-hydrogen) atoms. The van der Waals surface area contributed by atoms with Crippen LogP contribution in [-0.2, 0) is 21.7 Å². The molecule has 0 radical (unpaired) electrons. The summed E-state index contributed by atoms with van der Waals surface area (Å²) in [5, 5.41) is 5.22. The summed E-state index contributed by atoms with van der Waals surface area (Å²) in [5.41, 5.74) is 4.13. The third-order valence-electron chi connectivity index (χ3n) is 6.88. The maximum atomic E-state index is 5.22. The Morgan fingerprint density at radius 3 is 1.42 bits per heavy atom. The van der Waals surface area contributed by atoms with E-state index in [-0.39, 0.29) is 65.0 Å². The van der Waals surface area contributed by atoms with E-state index in [9.17, 15) is 0 Å². The van der Waals surface area contributed by atoms with Crippen LogP contribution in [0.4, 0.5) is 0 Å². The molecule has 3 atom stereocenters. The molecule has 3 unspecified atom stereocenters. The van der Waals surface area contributed by atoms with Gasteiger partial charge in [0, 0.05) is 18.6 Å². The molecule has 0 spiro atoms. The van der Waals surface area contributed by atoms with Crippen molar-refractivity contribution in [1.29, 1.82) is 0 Å². The third kappa shape index (κ3) is 9.78. The summed E-state index contributed by atoms with van der Waals surface area (Å²) in [4.78, 5) is 5.07. The van der Waals surface area contributed by atoms with Crippen molar-refractivity contribution in [3.8, 4) is 0 Å². The summed E-state index contributed by atoms with van der Waals surface area (Å²) in [6, 6.07) is 33.8.